The number of rotatable bonds is 7. The minimum atomic E-state index is -4.26. The fraction of sp³-hybridized carbons (Fsp3) is 0.647. The second-order valence-electron chi connectivity index (χ2n) is 6.49. The first-order chi connectivity index (χ1) is 9.63. The van der Waals surface area contributed by atoms with Gasteiger partial charge in [-0.15, -0.1) is 0 Å². The average molecular weight is 301 g/mol. The van der Waals surface area contributed by atoms with Gasteiger partial charge >= 0.3 is 6.18 Å². The van der Waals surface area contributed by atoms with Gasteiger partial charge in [0.2, 0.25) is 0 Å². The van der Waals surface area contributed by atoms with E-state index in [4.69, 9.17) is 5.73 Å². The monoisotopic (exact) mass is 301 g/mol. The summed E-state index contributed by atoms with van der Waals surface area (Å²) >= 11 is 0. The van der Waals surface area contributed by atoms with Crippen molar-refractivity contribution in [1.29, 1.82) is 0 Å². The zero-order valence-corrected chi connectivity index (χ0v) is 13.1. The molecular weight excluding hydrogens is 275 g/mol. The Labute approximate surface area is 125 Å². The number of hydrogen-bond donors (Lipinski definition) is 1. The summed E-state index contributed by atoms with van der Waals surface area (Å²) in [5.74, 6) is 0.319. The molecule has 0 saturated heterocycles. The summed E-state index contributed by atoms with van der Waals surface area (Å²) in [4.78, 5) is 0. The van der Waals surface area contributed by atoms with Gasteiger partial charge in [0.1, 0.15) is 0 Å². The second kappa shape index (κ2) is 7.30. The Bertz CT molecular complexity index is 415. The molecule has 1 rings (SSSR count). The van der Waals surface area contributed by atoms with Crippen molar-refractivity contribution in [3.63, 3.8) is 0 Å². The Hall–Kier alpha value is -1.03. The van der Waals surface area contributed by atoms with Crippen molar-refractivity contribution in [1.82, 2.24) is 0 Å². The maximum atomic E-state index is 12.6. The Morgan fingerprint density at radius 3 is 2.05 bits per heavy atom. The predicted octanol–water partition coefficient (Wildman–Crippen LogP) is 5.50. The van der Waals surface area contributed by atoms with Crippen LogP contribution in [0.5, 0.6) is 0 Å². The van der Waals surface area contributed by atoms with E-state index in [1.807, 2.05) is 13.8 Å². The van der Waals surface area contributed by atoms with E-state index >= 15 is 0 Å². The summed E-state index contributed by atoms with van der Waals surface area (Å²) in [6.07, 6.45) is 0.652. The van der Waals surface area contributed by atoms with Gasteiger partial charge in [0, 0.05) is 5.54 Å². The van der Waals surface area contributed by atoms with E-state index in [0.29, 0.717) is 5.92 Å². The molecule has 4 heteroatoms. The zero-order chi connectivity index (χ0) is 16.1. The number of nitrogens with two attached hydrogens (primary N) is 1. The normalized spacial score (nSPS) is 14.2. The summed E-state index contributed by atoms with van der Waals surface area (Å²) in [7, 11) is 0. The van der Waals surface area contributed by atoms with E-state index in [0.717, 1.165) is 37.7 Å². The smallest absolute Gasteiger partial charge is 0.326 e. The van der Waals surface area contributed by atoms with Crippen LogP contribution in [-0.4, -0.2) is 5.54 Å². The summed E-state index contributed by atoms with van der Waals surface area (Å²) in [6, 6.07) is 5.61. The molecule has 0 aliphatic heterocycles. The van der Waals surface area contributed by atoms with Crippen molar-refractivity contribution in [2.45, 2.75) is 70.5 Å². The van der Waals surface area contributed by atoms with E-state index < -0.39 is 11.7 Å². The Morgan fingerprint density at radius 1 is 1.05 bits per heavy atom. The van der Waals surface area contributed by atoms with Crippen molar-refractivity contribution in [3.8, 4) is 0 Å². The minimum absolute atomic E-state index is 0.184. The SMILES string of the molecule is CCCC(CCCC(C)(C)N)c1ccc(C(F)(F)F)cc1. The first-order valence-electron chi connectivity index (χ1n) is 7.59. The summed E-state index contributed by atoms with van der Waals surface area (Å²) in [5.41, 5.74) is 6.21. The molecule has 0 bridgehead atoms. The summed E-state index contributed by atoms with van der Waals surface area (Å²) < 4.78 is 37.8. The van der Waals surface area contributed by atoms with E-state index in [2.05, 4.69) is 6.92 Å². The molecule has 1 unspecified atom stereocenters. The highest BCUT2D eigenvalue weighted by molar-refractivity contribution is 5.27. The lowest BCUT2D eigenvalue weighted by Gasteiger charge is -2.22. The molecule has 0 heterocycles. The van der Waals surface area contributed by atoms with Gasteiger partial charge in [-0.1, -0.05) is 31.9 Å². The molecule has 0 spiro atoms. The molecule has 0 saturated carbocycles. The summed E-state index contributed by atoms with van der Waals surface area (Å²) in [5, 5.41) is 0. The van der Waals surface area contributed by atoms with Crippen LogP contribution >= 0.6 is 0 Å². The van der Waals surface area contributed by atoms with Crippen molar-refractivity contribution < 1.29 is 13.2 Å². The molecule has 0 aliphatic carbocycles. The number of halogens is 3. The molecule has 120 valence electrons. The van der Waals surface area contributed by atoms with Crippen LogP contribution in [0.3, 0.4) is 0 Å². The molecular formula is C17H26F3N. The molecule has 0 amide bonds. The summed E-state index contributed by atoms with van der Waals surface area (Å²) in [6.45, 7) is 6.10. The van der Waals surface area contributed by atoms with Crippen molar-refractivity contribution in [3.05, 3.63) is 35.4 Å². The van der Waals surface area contributed by atoms with Crippen molar-refractivity contribution in [2.24, 2.45) is 5.73 Å². The lowest BCUT2D eigenvalue weighted by atomic mass is 9.87. The van der Waals surface area contributed by atoms with Gasteiger partial charge in [-0.2, -0.15) is 13.2 Å². The van der Waals surface area contributed by atoms with Gasteiger partial charge in [0.15, 0.2) is 0 Å². The molecule has 1 aromatic rings. The van der Waals surface area contributed by atoms with Gasteiger partial charge in [0.05, 0.1) is 5.56 Å². The zero-order valence-electron chi connectivity index (χ0n) is 13.1. The van der Waals surface area contributed by atoms with Crippen LogP contribution in [0.25, 0.3) is 0 Å². The lowest BCUT2D eigenvalue weighted by Crippen LogP contribution is -2.31. The van der Waals surface area contributed by atoms with Gasteiger partial charge < -0.3 is 5.73 Å². The van der Waals surface area contributed by atoms with Crippen molar-refractivity contribution in [2.75, 3.05) is 0 Å². The third-order valence-electron chi connectivity index (χ3n) is 3.72. The van der Waals surface area contributed by atoms with Gasteiger partial charge in [-0.3, -0.25) is 0 Å². The van der Waals surface area contributed by atoms with Gasteiger partial charge in [-0.05, 0) is 56.7 Å². The Morgan fingerprint density at radius 2 is 1.62 bits per heavy atom. The van der Waals surface area contributed by atoms with E-state index in [1.54, 1.807) is 12.1 Å². The quantitative estimate of drug-likeness (QED) is 0.707. The highest BCUT2D eigenvalue weighted by Gasteiger charge is 2.30. The Kier molecular flexibility index (Phi) is 6.26. The lowest BCUT2D eigenvalue weighted by molar-refractivity contribution is -0.137. The fourth-order valence-electron chi connectivity index (χ4n) is 2.57. The predicted molar refractivity (Wildman–Crippen MR) is 81.2 cm³/mol. The van der Waals surface area contributed by atoms with E-state index in [1.165, 1.54) is 12.1 Å². The maximum Gasteiger partial charge on any atom is 0.416 e. The molecule has 0 aromatic heterocycles. The highest BCUT2D eigenvalue weighted by Crippen LogP contribution is 2.32. The molecule has 2 N–H and O–H groups in total. The topological polar surface area (TPSA) is 26.0 Å². The third kappa shape index (κ3) is 6.51. The molecule has 0 fully saturated rings. The first kappa shape index (κ1) is 18.0. The van der Waals surface area contributed by atoms with Crippen molar-refractivity contribution >= 4 is 0 Å². The average Bonchev–Trinajstić information content (AvgIpc) is 2.35. The molecule has 1 nitrogen and oxygen atoms in total. The third-order valence-corrected chi connectivity index (χ3v) is 3.72. The van der Waals surface area contributed by atoms with E-state index in [9.17, 15) is 13.2 Å². The fourth-order valence-corrected chi connectivity index (χ4v) is 2.57. The number of alkyl halides is 3. The maximum absolute atomic E-state index is 12.6. The molecule has 0 radical (unpaired) electrons. The van der Waals surface area contributed by atoms with Gasteiger partial charge in [0.25, 0.3) is 0 Å². The molecule has 0 aliphatic rings. The van der Waals surface area contributed by atoms with Crippen LogP contribution in [0.4, 0.5) is 13.2 Å². The highest BCUT2D eigenvalue weighted by atomic mass is 19.4. The van der Waals surface area contributed by atoms with Crippen LogP contribution in [-0.2, 0) is 6.18 Å². The number of hydrogen-bond acceptors (Lipinski definition) is 1. The standard InChI is InChI=1S/C17H26F3N/c1-4-6-13(7-5-12-16(2,3)21)14-8-10-15(11-9-14)17(18,19)20/h8-11,13H,4-7,12,21H2,1-3H3. The molecule has 21 heavy (non-hydrogen) atoms. The van der Waals surface area contributed by atoms with Gasteiger partial charge in [-0.25, -0.2) is 0 Å². The largest absolute Gasteiger partial charge is 0.416 e. The number of benzene rings is 1. The van der Waals surface area contributed by atoms with Crippen LogP contribution in [0, 0.1) is 0 Å². The van der Waals surface area contributed by atoms with Crippen LogP contribution in [0.1, 0.15) is 69.9 Å². The Balaban J connectivity index is 2.72. The molecule has 1 aromatic carbocycles. The first-order valence-corrected chi connectivity index (χ1v) is 7.59. The van der Waals surface area contributed by atoms with Crippen LogP contribution < -0.4 is 5.73 Å². The second-order valence-corrected chi connectivity index (χ2v) is 6.49. The minimum Gasteiger partial charge on any atom is -0.326 e. The van der Waals surface area contributed by atoms with Crippen LogP contribution in [0.15, 0.2) is 24.3 Å². The molecule has 1 atom stereocenters. The van der Waals surface area contributed by atoms with E-state index in [-0.39, 0.29) is 5.54 Å². The van der Waals surface area contributed by atoms with Crippen LogP contribution in [0.2, 0.25) is 0 Å².